The molecule has 4 nitrogen and oxygen atoms in total. The quantitative estimate of drug-likeness (QED) is 0.590. The van der Waals surface area contributed by atoms with E-state index in [0.717, 1.165) is 30.4 Å². The van der Waals surface area contributed by atoms with Crippen LogP contribution in [0.2, 0.25) is 0 Å². The summed E-state index contributed by atoms with van der Waals surface area (Å²) in [6, 6.07) is 5.43. The van der Waals surface area contributed by atoms with Crippen LogP contribution in [0.1, 0.15) is 18.7 Å². The van der Waals surface area contributed by atoms with Crippen LogP contribution in [0.4, 0.5) is 5.69 Å². The maximum atomic E-state index is 8.65. The number of fused-ring (bicyclic) bond motifs is 1. The summed E-state index contributed by atoms with van der Waals surface area (Å²) in [5.74, 6) is 0.712. The molecular weight excluding hydrogens is 192 g/mol. The van der Waals surface area contributed by atoms with Crippen molar-refractivity contribution in [2.24, 2.45) is 0 Å². The first-order valence-electron chi connectivity index (χ1n) is 5.05. The van der Waals surface area contributed by atoms with Gasteiger partial charge < -0.3 is 15.3 Å². The number of hydrogen-bond acceptors (Lipinski definition) is 4. The van der Waals surface area contributed by atoms with Crippen LogP contribution in [0.3, 0.4) is 0 Å². The van der Waals surface area contributed by atoms with E-state index in [1.165, 1.54) is 0 Å². The van der Waals surface area contributed by atoms with E-state index >= 15 is 0 Å². The van der Waals surface area contributed by atoms with Crippen molar-refractivity contribution < 1.29 is 9.52 Å². The molecule has 0 bridgehead atoms. The molecule has 0 saturated carbocycles. The van der Waals surface area contributed by atoms with Crippen LogP contribution in [-0.4, -0.2) is 16.7 Å². The molecule has 0 unspecified atom stereocenters. The van der Waals surface area contributed by atoms with E-state index in [4.69, 9.17) is 15.3 Å². The molecule has 0 amide bonds. The number of aliphatic hydroxyl groups is 1. The van der Waals surface area contributed by atoms with E-state index in [9.17, 15) is 0 Å². The van der Waals surface area contributed by atoms with Crippen LogP contribution in [0.5, 0.6) is 0 Å². The van der Waals surface area contributed by atoms with Crippen molar-refractivity contribution in [1.82, 2.24) is 4.98 Å². The summed E-state index contributed by atoms with van der Waals surface area (Å²) in [6.45, 7) is 0.215. The van der Waals surface area contributed by atoms with Crippen molar-refractivity contribution in [1.29, 1.82) is 0 Å². The molecule has 1 heterocycles. The molecule has 0 saturated heterocycles. The Morgan fingerprint density at radius 3 is 3.00 bits per heavy atom. The molecule has 0 aliphatic carbocycles. The highest BCUT2D eigenvalue weighted by Crippen LogP contribution is 2.19. The van der Waals surface area contributed by atoms with Crippen molar-refractivity contribution >= 4 is 16.8 Å². The Labute approximate surface area is 87.7 Å². The number of hydrogen-bond donors (Lipinski definition) is 2. The van der Waals surface area contributed by atoms with Gasteiger partial charge in [0.2, 0.25) is 0 Å². The maximum Gasteiger partial charge on any atom is 0.195 e. The van der Waals surface area contributed by atoms with Crippen LogP contribution in [-0.2, 0) is 6.42 Å². The zero-order valence-electron chi connectivity index (χ0n) is 8.44. The summed E-state index contributed by atoms with van der Waals surface area (Å²) in [6.07, 6.45) is 2.43. The molecule has 1 aromatic heterocycles. The topological polar surface area (TPSA) is 72.3 Å². The summed E-state index contributed by atoms with van der Waals surface area (Å²) in [5.41, 5.74) is 7.88. The van der Waals surface area contributed by atoms with Gasteiger partial charge in [-0.15, -0.1) is 0 Å². The van der Waals surface area contributed by atoms with E-state index in [-0.39, 0.29) is 6.61 Å². The van der Waals surface area contributed by atoms with Gasteiger partial charge in [0.1, 0.15) is 5.52 Å². The number of aryl methyl sites for hydroxylation is 1. The average Bonchev–Trinajstić information content (AvgIpc) is 2.60. The van der Waals surface area contributed by atoms with E-state index in [1.807, 2.05) is 12.1 Å². The number of unbranched alkanes of at least 4 members (excludes halogenated alkanes) is 1. The fourth-order valence-corrected chi connectivity index (χ4v) is 1.48. The van der Waals surface area contributed by atoms with Crippen molar-refractivity contribution in [3.63, 3.8) is 0 Å². The smallest absolute Gasteiger partial charge is 0.195 e. The third-order valence-corrected chi connectivity index (χ3v) is 2.26. The van der Waals surface area contributed by atoms with Gasteiger partial charge >= 0.3 is 0 Å². The number of nitrogens with two attached hydrogens (primary N) is 1. The first-order valence-corrected chi connectivity index (χ1v) is 5.05. The summed E-state index contributed by atoms with van der Waals surface area (Å²) in [4.78, 5) is 4.32. The van der Waals surface area contributed by atoms with Crippen LogP contribution < -0.4 is 5.73 Å². The second kappa shape index (κ2) is 4.31. The van der Waals surface area contributed by atoms with Crippen molar-refractivity contribution in [3.05, 3.63) is 24.1 Å². The predicted molar refractivity (Wildman–Crippen MR) is 58.4 cm³/mol. The molecule has 3 N–H and O–H groups in total. The molecule has 0 spiro atoms. The van der Waals surface area contributed by atoms with Crippen LogP contribution in [0, 0.1) is 0 Å². The molecule has 2 aromatic rings. The van der Waals surface area contributed by atoms with Gasteiger partial charge in [-0.05, 0) is 25.0 Å². The minimum atomic E-state index is 0.215. The fraction of sp³-hybridized carbons (Fsp3) is 0.364. The molecule has 1 aromatic carbocycles. The zero-order valence-corrected chi connectivity index (χ0v) is 8.44. The Morgan fingerprint density at radius 2 is 2.20 bits per heavy atom. The van der Waals surface area contributed by atoms with Gasteiger partial charge in [-0.3, -0.25) is 0 Å². The number of aliphatic hydroxyl groups excluding tert-OH is 1. The normalized spacial score (nSPS) is 11.0. The Hall–Kier alpha value is -1.55. The van der Waals surface area contributed by atoms with Gasteiger partial charge in [0.15, 0.2) is 11.5 Å². The Balaban J connectivity index is 2.16. The second-order valence-electron chi connectivity index (χ2n) is 3.52. The predicted octanol–water partition coefficient (Wildman–Crippen LogP) is 1.72. The minimum Gasteiger partial charge on any atom is -0.441 e. The van der Waals surface area contributed by atoms with Crippen molar-refractivity contribution in [3.8, 4) is 0 Å². The van der Waals surface area contributed by atoms with Gasteiger partial charge in [-0.25, -0.2) is 4.98 Å². The molecule has 15 heavy (non-hydrogen) atoms. The Bertz CT molecular complexity index is 451. The van der Waals surface area contributed by atoms with Gasteiger partial charge in [0, 0.05) is 24.8 Å². The monoisotopic (exact) mass is 206 g/mol. The summed E-state index contributed by atoms with van der Waals surface area (Å²) >= 11 is 0. The Morgan fingerprint density at radius 1 is 1.33 bits per heavy atom. The van der Waals surface area contributed by atoms with Crippen LogP contribution >= 0.6 is 0 Å². The lowest BCUT2D eigenvalue weighted by atomic mass is 10.2. The lowest BCUT2D eigenvalue weighted by Gasteiger charge is -1.92. The third-order valence-electron chi connectivity index (χ3n) is 2.26. The molecule has 80 valence electrons. The van der Waals surface area contributed by atoms with Gasteiger partial charge in [0.25, 0.3) is 0 Å². The van der Waals surface area contributed by atoms with Gasteiger partial charge in [0.05, 0.1) is 0 Å². The highest BCUT2D eigenvalue weighted by atomic mass is 16.3. The fourth-order valence-electron chi connectivity index (χ4n) is 1.48. The molecular formula is C11H14N2O2. The molecule has 2 rings (SSSR count). The largest absolute Gasteiger partial charge is 0.441 e. The minimum absolute atomic E-state index is 0.215. The average molecular weight is 206 g/mol. The molecule has 0 fully saturated rings. The first kappa shape index (κ1) is 9.98. The van der Waals surface area contributed by atoms with Crippen molar-refractivity contribution in [2.45, 2.75) is 19.3 Å². The second-order valence-corrected chi connectivity index (χ2v) is 3.52. The van der Waals surface area contributed by atoms with Crippen LogP contribution in [0.15, 0.2) is 22.6 Å². The SMILES string of the molecule is Nc1ccc2nc(CCCCO)oc2c1. The van der Waals surface area contributed by atoms with Crippen molar-refractivity contribution in [2.75, 3.05) is 12.3 Å². The molecule has 0 aliphatic heterocycles. The number of benzene rings is 1. The molecule has 0 aliphatic rings. The summed E-state index contributed by atoms with van der Waals surface area (Å²) in [5, 5.41) is 8.65. The van der Waals surface area contributed by atoms with E-state index in [1.54, 1.807) is 6.07 Å². The third kappa shape index (κ3) is 2.27. The lowest BCUT2D eigenvalue weighted by molar-refractivity contribution is 0.283. The number of nitrogen functional groups attached to an aromatic ring is 1. The van der Waals surface area contributed by atoms with Gasteiger partial charge in [-0.2, -0.15) is 0 Å². The van der Waals surface area contributed by atoms with Crippen LogP contribution in [0.25, 0.3) is 11.1 Å². The van der Waals surface area contributed by atoms with Gasteiger partial charge in [-0.1, -0.05) is 0 Å². The first-order chi connectivity index (χ1) is 7.29. The molecule has 0 atom stereocenters. The highest BCUT2D eigenvalue weighted by Gasteiger charge is 2.05. The number of oxazole rings is 1. The molecule has 4 heteroatoms. The van der Waals surface area contributed by atoms with E-state index in [2.05, 4.69) is 4.98 Å². The Kier molecular flexibility index (Phi) is 2.87. The summed E-state index contributed by atoms with van der Waals surface area (Å²) in [7, 11) is 0. The number of anilines is 1. The number of nitrogens with zero attached hydrogens (tertiary/aromatic N) is 1. The van der Waals surface area contributed by atoms with E-state index in [0.29, 0.717) is 11.6 Å². The lowest BCUT2D eigenvalue weighted by Crippen LogP contribution is -1.88. The van der Waals surface area contributed by atoms with E-state index < -0.39 is 0 Å². The standard InChI is InChI=1S/C11H14N2O2/c12-8-4-5-9-10(7-8)15-11(13-9)3-1-2-6-14/h4-5,7,14H,1-3,6,12H2. The number of aromatic nitrogens is 1. The number of rotatable bonds is 4. The zero-order chi connectivity index (χ0) is 10.7. The highest BCUT2D eigenvalue weighted by molar-refractivity contribution is 5.76. The summed E-state index contributed by atoms with van der Waals surface area (Å²) < 4.78 is 5.52. The maximum absolute atomic E-state index is 8.65. The molecule has 0 radical (unpaired) electrons.